The van der Waals surface area contributed by atoms with Crippen LogP contribution in [0.2, 0.25) is 0 Å². The van der Waals surface area contributed by atoms with E-state index in [0.29, 0.717) is 12.6 Å². The van der Waals surface area contributed by atoms with E-state index in [9.17, 15) is 0 Å². The fourth-order valence-electron chi connectivity index (χ4n) is 2.16. The number of hydrogen-bond donors (Lipinski definition) is 1. The molecule has 1 fully saturated rings. The minimum absolute atomic E-state index is 0.197. The van der Waals surface area contributed by atoms with Gasteiger partial charge in [0.2, 0.25) is 0 Å². The van der Waals surface area contributed by atoms with E-state index in [2.05, 4.69) is 21.7 Å². The summed E-state index contributed by atoms with van der Waals surface area (Å²) in [5, 5.41) is 12.0. The number of nitrogens with zero attached hydrogens (tertiary/aromatic N) is 3. The van der Waals surface area contributed by atoms with Crippen molar-refractivity contribution in [2.24, 2.45) is 0 Å². The largest absolute Gasteiger partial charge is 0.382 e. The molecule has 0 saturated heterocycles. The first-order valence-corrected chi connectivity index (χ1v) is 6.40. The van der Waals surface area contributed by atoms with Gasteiger partial charge < -0.3 is 10.1 Å². The molecule has 1 aromatic heterocycles. The Hall–Kier alpha value is -1.46. The van der Waals surface area contributed by atoms with Gasteiger partial charge in [0, 0.05) is 19.7 Å². The number of ether oxygens (including phenoxy) is 1. The summed E-state index contributed by atoms with van der Waals surface area (Å²) in [6, 6.07) is 8.92. The minimum atomic E-state index is 0.197. The van der Waals surface area contributed by atoms with Crippen LogP contribution in [0.4, 0.5) is 0 Å². The van der Waals surface area contributed by atoms with Crippen molar-refractivity contribution in [3.05, 3.63) is 24.3 Å². The van der Waals surface area contributed by atoms with Gasteiger partial charge >= 0.3 is 0 Å². The van der Waals surface area contributed by atoms with Crippen LogP contribution >= 0.6 is 0 Å². The zero-order valence-electron chi connectivity index (χ0n) is 10.5. The normalized spacial score (nSPS) is 17.2. The molecule has 1 unspecified atom stereocenters. The highest BCUT2D eigenvalue weighted by atomic mass is 16.5. The van der Waals surface area contributed by atoms with Crippen LogP contribution in [0.1, 0.15) is 18.9 Å². The van der Waals surface area contributed by atoms with E-state index in [4.69, 9.17) is 4.74 Å². The van der Waals surface area contributed by atoms with Crippen LogP contribution in [0.15, 0.2) is 24.3 Å². The summed E-state index contributed by atoms with van der Waals surface area (Å²) in [6.45, 7) is 1.53. The SMILES string of the molecule is COCC(CNC1CC1)n1nnc2ccccc21. The predicted octanol–water partition coefficient (Wildman–Crippen LogP) is 1.37. The molecule has 0 bridgehead atoms. The lowest BCUT2D eigenvalue weighted by Gasteiger charge is -2.17. The number of aromatic nitrogens is 3. The van der Waals surface area contributed by atoms with Crippen molar-refractivity contribution >= 4 is 11.0 Å². The summed E-state index contributed by atoms with van der Waals surface area (Å²) in [7, 11) is 1.73. The molecule has 0 radical (unpaired) electrons. The number of methoxy groups -OCH3 is 1. The topological polar surface area (TPSA) is 52.0 Å². The van der Waals surface area contributed by atoms with Crippen LogP contribution in [0, 0.1) is 0 Å². The lowest BCUT2D eigenvalue weighted by atomic mass is 10.2. The molecule has 1 aliphatic rings. The molecule has 1 N–H and O–H groups in total. The average Bonchev–Trinajstić information content (AvgIpc) is 3.13. The number of hydrogen-bond acceptors (Lipinski definition) is 4. The van der Waals surface area contributed by atoms with Gasteiger partial charge in [0.25, 0.3) is 0 Å². The van der Waals surface area contributed by atoms with Crippen LogP contribution < -0.4 is 5.32 Å². The van der Waals surface area contributed by atoms with Crippen molar-refractivity contribution in [2.45, 2.75) is 24.9 Å². The minimum Gasteiger partial charge on any atom is -0.382 e. The molecule has 96 valence electrons. The molecule has 5 nitrogen and oxygen atoms in total. The summed E-state index contributed by atoms with van der Waals surface area (Å²) in [4.78, 5) is 0. The number of rotatable bonds is 6. The number of benzene rings is 1. The smallest absolute Gasteiger partial charge is 0.113 e. The summed E-state index contributed by atoms with van der Waals surface area (Å²) < 4.78 is 7.27. The quantitative estimate of drug-likeness (QED) is 0.836. The van der Waals surface area contributed by atoms with Gasteiger partial charge in [0.1, 0.15) is 5.52 Å². The van der Waals surface area contributed by atoms with E-state index in [1.807, 2.05) is 22.9 Å². The van der Waals surface area contributed by atoms with E-state index in [-0.39, 0.29) is 6.04 Å². The van der Waals surface area contributed by atoms with Crippen molar-refractivity contribution in [1.29, 1.82) is 0 Å². The van der Waals surface area contributed by atoms with Crippen molar-refractivity contribution in [3.63, 3.8) is 0 Å². The molecule has 18 heavy (non-hydrogen) atoms. The van der Waals surface area contributed by atoms with Crippen molar-refractivity contribution in [3.8, 4) is 0 Å². The van der Waals surface area contributed by atoms with E-state index in [1.165, 1.54) is 12.8 Å². The summed E-state index contributed by atoms with van der Waals surface area (Å²) in [6.07, 6.45) is 2.58. The Balaban J connectivity index is 1.82. The molecule has 1 aliphatic carbocycles. The number of para-hydroxylation sites is 1. The monoisotopic (exact) mass is 246 g/mol. The van der Waals surface area contributed by atoms with Gasteiger partial charge in [-0.2, -0.15) is 0 Å². The second-order valence-electron chi connectivity index (χ2n) is 4.81. The van der Waals surface area contributed by atoms with E-state index < -0.39 is 0 Å². The average molecular weight is 246 g/mol. The van der Waals surface area contributed by atoms with Crippen LogP contribution in [0.3, 0.4) is 0 Å². The highest BCUT2D eigenvalue weighted by Gasteiger charge is 2.23. The Morgan fingerprint density at radius 1 is 1.44 bits per heavy atom. The Kier molecular flexibility index (Phi) is 3.25. The third kappa shape index (κ3) is 2.37. The van der Waals surface area contributed by atoms with Gasteiger partial charge in [0.05, 0.1) is 18.2 Å². The first-order chi connectivity index (χ1) is 8.88. The molecule has 0 amide bonds. The lowest BCUT2D eigenvalue weighted by molar-refractivity contribution is 0.149. The Labute approximate surface area is 106 Å². The van der Waals surface area contributed by atoms with Crippen LogP contribution in [-0.4, -0.2) is 41.3 Å². The maximum atomic E-state index is 5.30. The highest BCUT2D eigenvalue weighted by molar-refractivity contribution is 5.73. The summed E-state index contributed by atoms with van der Waals surface area (Å²) in [5.74, 6) is 0. The molecular formula is C13H18N4O. The van der Waals surface area contributed by atoms with Gasteiger partial charge in [-0.1, -0.05) is 17.3 Å². The van der Waals surface area contributed by atoms with Gasteiger partial charge in [-0.15, -0.1) is 5.10 Å². The first kappa shape index (κ1) is 11.6. The molecule has 0 spiro atoms. The second-order valence-corrected chi connectivity index (χ2v) is 4.81. The maximum Gasteiger partial charge on any atom is 0.113 e. The van der Waals surface area contributed by atoms with Crippen molar-refractivity contribution < 1.29 is 4.74 Å². The molecule has 0 aliphatic heterocycles. The van der Waals surface area contributed by atoms with Gasteiger partial charge in [0.15, 0.2) is 0 Å². The molecule has 5 heteroatoms. The molecule has 2 aromatic rings. The highest BCUT2D eigenvalue weighted by Crippen LogP contribution is 2.20. The molecule has 1 saturated carbocycles. The van der Waals surface area contributed by atoms with E-state index in [0.717, 1.165) is 17.6 Å². The van der Waals surface area contributed by atoms with E-state index in [1.54, 1.807) is 7.11 Å². The van der Waals surface area contributed by atoms with Crippen molar-refractivity contribution in [2.75, 3.05) is 20.3 Å². The molecular weight excluding hydrogens is 228 g/mol. The fraction of sp³-hybridized carbons (Fsp3) is 0.538. The molecule has 1 atom stereocenters. The third-order valence-electron chi connectivity index (χ3n) is 3.30. The van der Waals surface area contributed by atoms with Gasteiger partial charge in [-0.25, -0.2) is 4.68 Å². The zero-order chi connectivity index (χ0) is 12.4. The van der Waals surface area contributed by atoms with Crippen molar-refractivity contribution in [1.82, 2.24) is 20.3 Å². The Bertz CT molecular complexity index is 520. The number of nitrogens with one attached hydrogen (secondary N) is 1. The summed E-state index contributed by atoms with van der Waals surface area (Å²) in [5.41, 5.74) is 2.00. The lowest BCUT2D eigenvalue weighted by Crippen LogP contribution is -2.30. The van der Waals surface area contributed by atoms with Crippen LogP contribution in [0.25, 0.3) is 11.0 Å². The Morgan fingerprint density at radius 3 is 3.06 bits per heavy atom. The fourth-order valence-corrected chi connectivity index (χ4v) is 2.16. The predicted molar refractivity (Wildman–Crippen MR) is 69.5 cm³/mol. The summed E-state index contributed by atoms with van der Waals surface area (Å²) >= 11 is 0. The second kappa shape index (κ2) is 5.04. The van der Waals surface area contributed by atoms with Gasteiger partial charge in [-0.3, -0.25) is 0 Å². The number of fused-ring (bicyclic) bond motifs is 1. The first-order valence-electron chi connectivity index (χ1n) is 6.40. The van der Waals surface area contributed by atoms with E-state index >= 15 is 0 Å². The maximum absolute atomic E-state index is 5.30. The van der Waals surface area contributed by atoms with Crippen LogP contribution in [-0.2, 0) is 4.74 Å². The molecule has 1 aromatic carbocycles. The zero-order valence-corrected chi connectivity index (χ0v) is 10.5. The molecule has 1 heterocycles. The Morgan fingerprint density at radius 2 is 2.28 bits per heavy atom. The molecule has 3 rings (SSSR count). The third-order valence-corrected chi connectivity index (χ3v) is 3.30. The van der Waals surface area contributed by atoms with Gasteiger partial charge in [-0.05, 0) is 25.0 Å². The standard InChI is InChI=1S/C13H18N4O/c1-18-9-11(8-14-10-6-7-10)17-13-5-3-2-4-12(13)15-16-17/h2-5,10-11,14H,6-9H2,1H3. The van der Waals surface area contributed by atoms with Crippen LogP contribution in [0.5, 0.6) is 0 Å².